The highest BCUT2D eigenvalue weighted by molar-refractivity contribution is 6.42. The average Bonchev–Trinajstić information content (AvgIpc) is 2.23. The summed E-state index contributed by atoms with van der Waals surface area (Å²) in [4.78, 5) is 0. The molecule has 14 heavy (non-hydrogen) atoms. The molecular weight excluding hydrogens is 219 g/mol. The van der Waals surface area contributed by atoms with E-state index in [0.29, 0.717) is 16.1 Å². The van der Waals surface area contributed by atoms with Crippen LogP contribution in [0.25, 0.3) is 0 Å². The van der Waals surface area contributed by atoms with Gasteiger partial charge in [-0.1, -0.05) is 29.3 Å². The standard InChI is InChI=1S/C10H12Cl2N2/c11-8-2-1-7(5-9(8)12)10-6-13-3-4-14-10/h1-2,5,10,13-14H,3-4,6H2. The molecule has 0 bridgehead atoms. The van der Waals surface area contributed by atoms with Crippen molar-refractivity contribution in [3.8, 4) is 0 Å². The average molecular weight is 231 g/mol. The molecule has 1 saturated heterocycles. The Morgan fingerprint density at radius 2 is 2.00 bits per heavy atom. The summed E-state index contributed by atoms with van der Waals surface area (Å²) in [5.74, 6) is 0. The Labute approximate surface area is 93.6 Å². The van der Waals surface area contributed by atoms with E-state index in [1.807, 2.05) is 18.2 Å². The van der Waals surface area contributed by atoms with Crippen LogP contribution in [0.5, 0.6) is 0 Å². The molecule has 76 valence electrons. The van der Waals surface area contributed by atoms with Crippen molar-refractivity contribution in [3.05, 3.63) is 33.8 Å². The van der Waals surface area contributed by atoms with E-state index in [4.69, 9.17) is 23.2 Å². The smallest absolute Gasteiger partial charge is 0.0595 e. The van der Waals surface area contributed by atoms with Crippen molar-refractivity contribution in [1.82, 2.24) is 10.6 Å². The molecule has 2 rings (SSSR count). The summed E-state index contributed by atoms with van der Waals surface area (Å²) in [7, 11) is 0. The first-order valence-electron chi connectivity index (χ1n) is 4.66. The zero-order chi connectivity index (χ0) is 9.97. The maximum atomic E-state index is 5.95. The highest BCUT2D eigenvalue weighted by atomic mass is 35.5. The van der Waals surface area contributed by atoms with Gasteiger partial charge in [0.25, 0.3) is 0 Å². The molecule has 2 N–H and O–H groups in total. The van der Waals surface area contributed by atoms with E-state index < -0.39 is 0 Å². The molecule has 0 spiro atoms. The van der Waals surface area contributed by atoms with Crippen LogP contribution in [-0.2, 0) is 0 Å². The summed E-state index contributed by atoms with van der Waals surface area (Å²) in [5, 5.41) is 7.98. The first kappa shape index (κ1) is 10.2. The largest absolute Gasteiger partial charge is 0.314 e. The molecule has 4 heteroatoms. The van der Waals surface area contributed by atoms with Crippen LogP contribution in [0.2, 0.25) is 10.0 Å². The number of halogens is 2. The minimum absolute atomic E-state index is 0.346. The van der Waals surface area contributed by atoms with Gasteiger partial charge in [0.2, 0.25) is 0 Å². The molecule has 0 radical (unpaired) electrons. The van der Waals surface area contributed by atoms with Crippen LogP contribution in [0, 0.1) is 0 Å². The van der Waals surface area contributed by atoms with Crippen LogP contribution in [-0.4, -0.2) is 19.6 Å². The predicted molar refractivity (Wildman–Crippen MR) is 60.1 cm³/mol. The number of benzene rings is 1. The van der Waals surface area contributed by atoms with Crippen molar-refractivity contribution in [2.75, 3.05) is 19.6 Å². The van der Waals surface area contributed by atoms with Gasteiger partial charge in [0.1, 0.15) is 0 Å². The lowest BCUT2D eigenvalue weighted by Gasteiger charge is -2.25. The molecule has 0 aliphatic carbocycles. The lowest BCUT2D eigenvalue weighted by Crippen LogP contribution is -2.42. The van der Waals surface area contributed by atoms with E-state index in [0.717, 1.165) is 19.6 Å². The van der Waals surface area contributed by atoms with Crippen LogP contribution in [0.4, 0.5) is 0 Å². The van der Waals surface area contributed by atoms with Gasteiger partial charge >= 0.3 is 0 Å². The molecule has 1 heterocycles. The Kier molecular flexibility index (Phi) is 3.29. The summed E-state index contributed by atoms with van der Waals surface area (Å²) < 4.78 is 0. The molecule has 0 saturated carbocycles. The molecule has 0 aromatic heterocycles. The number of nitrogens with one attached hydrogen (secondary N) is 2. The van der Waals surface area contributed by atoms with E-state index in [-0.39, 0.29) is 0 Å². The van der Waals surface area contributed by atoms with Gasteiger partial charge in [-0.3, -0.25) is 0 Å². The lowest BCUT2D eigenvalue weighted by molar-refractivity contribution is 0.430. The third-order valence-electron chi connectivity index (χ3n) is 2.39. The van der Waals surface area contributed by atoms with E-state index in [1.54, 1.807) is 0 Å². The van der Waals surface area contributed by atoms with Crippen molar-refractivity contribution in [2.45, 2.75) is 6.04 Å². The Morgan fingerprint density at radius 3 is 2.64 bits per heavy atom. The Balaban J connectivity index is 2.18. The molecule has 1 unspecified atom stereocenters. The maximum absolute atomic E-state index is 5.95. The minimum atomic E-state index is 0.346. The quantitative estimate of drug-likeness (QED) is 0.774. The van der Waals surface area contributed by atoms with E-state index in [2.05, 4.69) is 10.6 Å². The SMILES string of the molecule is Clc1ccc(C2CNCCN2)cc1Cl. The van der Waals surface area contributed by atoms with Crippen molar-refractivity contribution in [3.63, 3.8) is 0 Å². The lowest BCUT2D eigenvalue weighted by atomic mass is 10.1. The molecule has 1 aromatic carbocycles. The van der Waals surface area contributed by atoms with E-state index >= 15 is 0 Å². The van der Waals surface area contributed by atoms with Gasteiger partial charge in [0.05, 0.1) is 10.0 Å². The molecule has 1 aromatic rings. The normalized spacial score (nSPS) is 22.3. The highest BCUT2D eigenvalue weighted by Gasteiger charge is 2.14. The summed E-state index contributed by atoms with van der Waals surface area (Å²) in [5.41, 5.74) is 1.19. The summed E-state index contributed by atoms with van der Waals surface area (Å²) in [6.45, 7) is 2.96. The highest BCUT2D eigenvalue weighted by Crippen LogP contribution is 2.25. The van der Waals surface area contributed by atoms with Crippen LogP contribution in [0.15, 0.2) is 18.2 Å². The predicted octanol–water partition coefficient (Wildman–Crippen LogP) is 2.23. The van der Waals surface area contributed by atoms with E-state index in [1.165, 1.54) is 5.56 Å². The van der Waals surface area contributed by atoms with Gasteiger partial charge in [0.15, 0.2) is 0 Å². The first-order valence-corrected chi connectivity index (χ1v) is 5.42. The number of hydrogen-bond donors (Lipinski definition) is 2. The Bertz CT molecular complexity index is 322. The summed E-state index contributed by atoms with van der Waals surface area (Å²) in [6, 6.07) is 6.13. The second kappa shape index (κ2) is 4.49. The molecular formula is C10H12Cl2N2. The minimum Gasteiger partial charge on any atom is -0.314 e. The van der Waals surface area contributed by atoms with Crippen molar-refractivity contribution in [1.29, 1.82) is 0 Å². The first-order chi connectivity index (χ1) is 6.77. The molecule has 1 aliphatic rings. The van der Waals surface area contributed by atoms with Crippen molar-refractivity contribution in [2.24, 2.45) is 0 Å². The zero-order valence-corrected chi connectivity index (χ0v) is 9.20. The van der Waals surface area contributed by atoms with Gasteiger partial charge in [0, 0.05) is 25.7 Å². The van der Waals surface area contributed by atoms with Gasteiger partial charge in [-0.15, -0.1) is 0 Å². The third-order valence-corrected chi connectivity index (χ3v) is 3.13. The van der Waals surface area contributed by atoms with Crippen LogP contribution in [0.1, 0.15) is 11.6 Å². The Hall–Kier alpha value is -0.280. The molecule has 1 aliphatic heterocycles. The van der Waals surface area contributed by atoms with Crippen molar-refractivity contribution < 1.29 is 0 Å². The van der Waals surface area contributed by atoms with Crippen LogP contribution >= 0.6 is 23.2 Å². The van der Waals surface area contributed by atoms with Gasteiger partial charge in [-0.05, 0) is 17.7 Å². The van der Waals surface area contributed by atoms with Gasteiger partial charge in [-0.25, -0.2) is 0 Å². The Morgan fingerprint density at radius 1 is 1.14 bits per heavy atom. The fourth-order valence-corrected chi connectivity index (χ4v) is 1.92. The number of rotatable bonds is 1. The summed E-state index contributed by atoms with van der Waals surface area (Å²) in [6.07, 6.45) is 0. The molecule has 2 nitrogen and oxygen atoms in total. The second-order valence-electron chi connectivity index (χ2n) is 3.38. The maximum Gasteiger partial charge on any atom is 0.0595 e. The summed E-state index contributed by atoms with van der Waals surface area (Å²) >= 11 is 11.8. The topological polar surface area (TPSA) is 24.1 Å². The third kappa shape index (κ3) is 2.20. The van der Waals surface area contributed by atoms with Crippen LogP contribution in [0.3, 0.4) is 0 Å². The van der Waals surface area contributed by atoms with Crippen LogP contribution < -0.4 is 10.6 Å². The number of hydrogen-bond acceptors (Lipinski definition) is 2. The van der Waals surface area contributed by atoms with Gasteiger partial charge < -0.3 is 10.6 Å². The monoisotopic (exact) mass is 230 g/mol. The second-order valence-corrected chi connectivity index (χ2v) is 4.20. The fourth-order valence-electron chi connectivity index (χ4n) is 1.62. The molecule has 0 amide bonds. The molecule has 1 atom stereocenters. The zero-order valence-electron chi connectivity index (χ0n) is 7.69. The fraction of sp³-hybridized carbons (Fsp3) is 0.400. The van der Waals surface area contributed by atoms with Gasteiger partial charge in [-0.2, -0.15) is 0 Å². The number of piperazine rings is 1. The molecule has 1 fully saturated rings. The van der Waals surface area contributed by atoms with E-state index in [9.17, 15) is 0 Å². The van der Waals surface area contributed by atoms with Crippen molar-refractivity contribution >= 4 is 23.2 Å².